The van der Waals surface area contributed by atoms with Crippen LogP contribution in [0.3, 0.4) is 0 Å². The molecule has 0 fully saturated rings. The third kappa shape index (κ3) is 2.35. The van der Waals surface area contributed by atoms with Gasteiger partial charge in [0, 0.05) is 12.7 Å². The Morgan fingerprint density at radius 1 is 1.00 bits per heavy atom. The molecule has 0 aliphatic heterocycles. The van der Waals surface area contributed by atoms with Crippen molar-refractivity contribution in [2.75, 3.05) is 0 Å². The Balaban J connectivity index is 2.17. The highest BCUT2D eigenvalue weighted by Crippen LogP contribution is 2.29. The largest absolute Gasteiger partial charge is 0.378 e. The normalized spacial score (nSPS) is 12.1. The van der Waals surface area contributed by atoms with Gasteiger partial charge in [-0.25, -0.2) is 4.98 Å². The van der Waals surface area contributed by atoms with Crippen LogP contribution in [-0.4, -0.2) is 32.6 Å². The summed E-state index contributed by atoms with van der Waals surface area (Å²) in [6.45, 7) is 9.77. The van der Waals surface area contributed by atoms with E-state index in [1.54, 1.807) is 14.0 Å². The first-order valence-electron chi connectivity index (χ1n) is 7.39. The van der Waals surface area contributed by atoms with Crippen LogP contribution in [0.5, 0.6) is 5.88 Å². The van der Waals surface area contributed by atoms with Crippen molar-refractivity contribution >= 4 is 15.8 Å². The smallest absolute Gasteiger partial charge is 0.354 e. The van der Waals surface area contributed by atoms with Crippen LogP contribution in [0.25, 0.3) is 5.65 Å². The first-order valence-corrected chi connectivity index (χ1v) is 8.80. The molecule has 3 heterocycles. The van der Waals surface area contributed by atoms with Gasteiger partial charge in [0.25, 0.3) is 5.88 Å². The Morgan fingerprint density at radius 2 is 1.67 bits per heavy atom. The molecule has 3 aromatic rings. The molecule has 0 aromatic carbocycles. The molecule has 3 aromatic heterocycles. The number of hydrogen-bond acceptors (Lipinski definition) is 6. The monoisotopic (exact) mass is 349 g/mol. The lowest BCUT2D eigenvalue weighted by atomic mass is 10.0. The molecule has 128 valence electrons. The maximum Gasteiger partial charge on any atom is 0.378 e. The average Bonchev–Trinajstić information content (AvgIpc) is 3.08. The van der Waals surface area contributed by atoms with Gasteiger partial charge >= 0.3 is 15.3 Å². The van der Waals surface area contributed by atoms with E-state index in [0.717, 1.165) is 22.4 Å². The molecule has 0 saturated carbocycles. The first-order chi connectivity index (χ1) is 11.1. The van der Waals surface area contributed by atoms with Crippen molar-refractivity contribution in [3.05, 3.63) is 34.4 Å². The first kappa shape index (κ1) is 16.4. The Bertz CT molecular complexity index is 1060. The molecule has 9 heteroatoms. The summed E-state index contributed by atoms with van der Waals surface area (Å²) in [5, 5.41) is 3.40. The molecule has 0 amide bonds. The quantitative estimate of drug-likeness (QED) is 0.669. The second kappa shape index (κ2) is 5.30. The van der Waals surface area contributed by atoms with Crippen molar-refractivity contribution in [3.63, 3.8) is 0 Å². The zero-order valence-corrected chi connectivity index (χ0v) is 15.3. The second-order valence-electron chi connectivity index (χ2n) is 5.86. The van der Waals surface area contributed by atoms with Gasteiger partial charge < -0.3 is 4.18 Å². The summed E-state index contributed by atoms with van der Waals surface area (Å²) in [7, 11) is -2.54. The summed E-state index contributed by atoms with van der Waals surface area (Å²) in [6.07, 6.45) is 1.30. The van der Waals surface area contributed by atoms with E-state index in [0.29, 0.717) is 11.3 Å². The molecule has 24 heavy (non-hydrogen) atoms. The molecular formula is C15H19N5O3S. The van der Waals surface area contributed by atoms with Gasteiger partial charge in [0.2, 0.25) is 0 Å². The van der Waals surface area contributed by atoms with Crippen LogP contribution in [0.15, 0.2) is 11.5 Å². The average molecular weight is 349 g/mol. The molecule has 0 saturated heterocycles. The highest BCUT2D eigenvalue weighted by Gasteiger charge is 2.26. The van der Waals surface area contributed by atoms with Crippen LogP contribution in [0, 0.1) is 34.6 Å². The van der Waals surface area contributed by atoms with Crippen molar-refractivity contribution in [2.24, 2.45) is 7.05 Å². The molecule has 8 nitrogen and oxygen atoms in total. The molecule has 0 aliphatic rings. The van der Waals surface area contributed by atoms with Crippen molar-refractivity contribution < 1.29 is 12.6 Å². The Morgan fingerprint density at radius 3 is 2.25 bits per heavy atom. The Hall–Kier alpha value is -2.42. The van der Waals surface area contributed by atoms with Crippen molar-refractivity contribution in [1.82, 2.24) is 24.1 Å². The lowest BCUT2D eigenvalue weighted by Gasteiger charge is -2.12. The summed E-state index contributed by atoms with van der Waals surface area (Å²) >= 11 is 0. The summed E-state index contributed by atoms with van der Waals surface area (Å²) in [5.74, 6) is 0.0404. The molecule has 0 bridgehead atoms. The van der Waals surface area contributed by atoms with Gasteiger partial charge in [-0.1, -0.05) is 0 Å². The summed E-state index contributed by atoms with van der Waals surface area (Å²) in [5.41, 5.74) is 5.57. The number of nitrogens with zero attached hydrogens (tertiary/aromatic N) is 5. The van der Waals surface area contributed by atoms with E-state index in [4.69, 9.17) is 4.18 Å². The zero-order chi connectivity index (χ0) is 17.8. The molecule has 0 radical (unpaired) electrons. The van der Waals surface area contributed by atoms with Gasteiger partial charge in [-0.2, -0.15) is 13.4 Å². The number of fused-ring (bicyclic) bond motifs is 1. The third-order valence-electron chi connectivity index (χ3n) is 4.39. The van der Waals surface area contributed by atoms with Gasteiger partial charge in [0.15, 0.2) is 0 Å². The molecule has 0 atom stereocenters. The number of pyridine rings is 1. The van der Waals surface area contributed by atoms with Crippen LogP contribution in [-0.2, 0) is 17.2 Å². The molecule has 0 unspecified atom stereocenters. The number of aryl methyl sites for hydroxylation is 4. The van der Waals surface area contributed by atoms with Gasteiger partial charge in [0.1, 0.15) is 12.0 Å². The van der Waals surface area contributed by atoms with Gasteiger partial charge in [-0.3, -0.25) is 9.08 Å². The van der Waals surface area contributed by atoms with Gasteiger partial charge in [-0.15, -0.1) is 5.10 Å². The van der Waals surface area contributed by atoms with Crippen molar-refractivity contribution in [2.45, 2.75) is 39.8 Å². The van der Waals surface area contributed by atoms with E-state index in [-0.39, 0.29) is 11.0 Å². The van der Waals surface area contributed by atoms with Crippen LogP contribution >= 0.6 is 0 Å². The third-order valence-corrected chi connectivity index (χ3v) is 5.41. The number of hydrogen-bond donors (Lipinski definition) is 0. The molecular weight excluding hydrogens is 330 g/mol. The van der Waals surface area contributed by atoms with Crippen LogP contribution in [0.1, 0.15) is 28.1 Å². The molecule has 3 rings (SSSR count). The minimum absolute atomic E-state index is 0.0404. The van der Waals surface area contributed by atoms with E-state index in [9.17, 15) is 8.42 Å². The highest BCUT2D eigenvalue weighted by molar-refractivity contribution is 7.86. The Kier molecular flexibility index (Phi) is 3.63. The van der Waals surface area contributed by atoms with Crippen LogP contribution in [0.4, 0.5) is 0 Å². The molecule has 0 N–H and O–H groups in total. The highest BCUT2D eigenvalue weighted by atomic mass is 32.2. The zero-order valence-electron chi connectivity index (χ0n) is 14.4. The maximum absolute atomic E-state index is 12.3. The van der Waals surface area contributed by atoms with E-state index in [1.165, 1.54) is 11.0 Å². The Labute approximate surface area is 140 Å². The predicted molar refractivity (Wildman–Crippen MR) is 87.7 cm³/mol. The number of imidazole rings is 1. The van der Waals surface area contributed by atoms with E-state index < -0.39 is 10.1 Å². The lowest BCUT2D eigenvalue weighted by Crippen LogP contribution is -2.13. The van der Waals surface area contributed by atoms with Crippen LogP contribution < -0.4 is 4.18 Å². The van der Waals surface area contributed by atoms with Gasteiger partial charge in [0.05, 0.1) is 5.69 Å². The number of rotatable bonds is 3. The SMILES string of the molecule is Cc1c(C)c(C)n2c(C)c(OS(=O)(=O)c3ncn(C)n3)nc2c1C. The predicted octanol–water partition coefficient (Wildman–Crippen LogP) is 1.77. The minimum Gasteiger partial charge on any atom is -0.354 e. The molecule has 0 aliphatic carbocycles. The fourth-order valence-corrected chi connectivity index (χ4v) is 3.53. The van der Waals surface area contributed by atoms with Crippen LogP contribution in [0.2, 0.25) is 0 Å². The van der Waals surface area contributed by atoms with E-state index in [2.05, 4.69) is 15.1 Å². The standard InChI is InChI=1S/C15H19N5O3S/c1-8-9(2)11(4)20-12(5)14(17-13(20)10(8)3)23-24(21,22)15-16-7-19(6)18-15/h7H,1-6H3. The second-order valence-corrected chi connectivity index (χ2v) is 7.30. The van der Waals surface area contributed by atoms with Crippen molar-refractivity contribution in [1.29, 1.82) is 0 Å². The summed E-state index contributed by atoms with van der Waals surface area (Å²) < 4.78 is 33.1. The topological polar surface area (TPSA) is 91.4 Å². The van der Waals surface area contributed by atoms with E-state index >= 15 is 0 Å². The fraction of sp³-hybridized carbons (Fsp3) is 0.400. The van der Waals surface area contributed by atoms with Gasteiger partial charge in [-0.05, 0) is 51.3 Å². The number of aromatic nitrogens is 5. The maximum atomic E-state index is 12.3. The summed E-state index contributed by atoms with van der Waals surface area (Å²) in [4.78, 5) is 8.13. The van der Waals surface area contributed by atoms with Crippen molar-refractivity contribution in [3.8, 4) is 5.88 Å². The van der Waals surface area contributed by atoms with E-state index in [1.807, 2.05) is 32.1 Å². The minimum atomic E-state index is -4.13. The molecule has 0 spiro atoms. The fourth-order valence-electron chi connectivity index (χ4n) is 2.69. The summed E-state index contributed by atoms with van der Waals surface area (Å²) in [6, 6.07) is 0. The lowest BCUT2D eigenvalue weighted by molar-refractivity contribution is 0.466.